The maximum atomic E-state index is 13.4. The van der Waals surface area contributed by atoms with Gasteiger partial charge >= 0.3 is 0 Å². The van der Waals surface area contributed by atoms with Gasteiger partial charge in [-0.2, -0.15) is 0 Å². The van der Waals surface area contributed by atoms with Crippen molar-refractivity contribution < 1.29 is 9.90 Å². The molecule has 1 saturated heterocycles. The van der Waals surface area contributed by atoms with E-state index >= 15 is 0 Å². The normalized spacial score (nSPS) is 16.6. The number of likely N-dealkylation sites (tertiary alicyclic amines) is 1. The van der Waals surface area contributed by atoms with E-state index < -0.39 is 0 Å². The van der Waals surface area contributed by atoms with Gasteiger partial charge in [-0.3, -0.25) is 14.2 Å². The lowest BCUT2D eigenvalue weighted by Gasteiger charge is -2.26. The molecule has 1 fully saturated rings. The molecule has 1 N–H and O–H groups in total. The van der Waals surface area contributed by atoms with Gasteiger partial charge in [0.05, 0.1) is 35.7 Å². The summed E-state index contributed by atoms with van der Waals surface area (Å²) in [6.45, 7) is 0.594. The third kappa shape index (κ3) is 2.98. The first-order chi connectivity index (χ1) is 14.7. The van der Waals surface area contributed by atoms with Gasteiger partial charge < -0.3 is 14.4 Å². The van der Waals surface area contributed by atoms with Crippen LogP contribution in [0.2, 0.25) is 0 Å². The number of carbonyl (C=O) groups excluding carboxylic acids is 1. The lowest BCUT2D eigenvalue weighted by Crippen LogP contribution is -2.36. The first kappa shape index (κ1) is 18.6. The number of carbonyl (C=O) groups is 1. The van der Waals surface area contributed by atoms with Crippen molar-refractivity contribution in [3.05, 3.63) is 82.7 Å². The monoisotopic (exact) mass is 402 g/mol. The van der Waals surface area contributed by atoms with Crippen LogP contribution in [0.1, 0.15) is 35.1 Å². The molecule has 1 aliphatic rings. The zero-order chi connectivity index (χ0) is 20.7. The van der Waals surface area contributed by atoms with E-state index in [9.17, 15) is 14.7 Å². The van der Waals surface area contributed by atoms with Crippen LogP contribution in [0.15, 0.2) is 65.7 Å². The first-order valence-corrected chi connectivity index (χ1v) is 10.2. The van der Waals surface area contributed by atoms with Crippen LogP contribution in [0, 0.1) is 0 Å². The number of fused-ring (bicyclic) bond motifs is 2. The number of hydrogen-bond acceptors (Lipinski definition) is 4. The number of aliphatic hydroxyl groups excluding tert-OH is 1. The lowest BCUT2D eigenvalue weighted by molar-refractivity contribution is 0.0726. The number of amides is 1. The van der Waals surface area contributed by atoms with Crippen LogP contribution >= 0.6 is 0 Å². The van der Waals surface area contributed by atoms with E-state index in [-0.39, 0.29) is 30.7 Å². The molecule has 0 bridgehead atoms. The molecule has 1 aromatic carbocycles. The van der Waals surface area contributed by atoms with Crippen LogP contribution in [0.3, 0.4) is 0 Å². The molecule has 0 aliphatic carbocycles. The number of para-hydroxylation sites is 1. The second-order valence-electron chi connectivity index (χ2n) is 7.59. The van der Waals surface area contributed by atoms with Gasteiger partial charge in [-0.25, -0.2) is 4.98 Å². The van der Waals surface area contributed by atoms with E-state index in [1.807, 2.05) is 53.2 Å². The summed E-state index contributed by atoms with van der Waals surface area (Å²) in [5.41, 5.74) is 2.00. The fourth-order valence-corrected chi connectivity index (χ4v) is 4.37. The largest absolute Gasteiger partial charge is 0.395 e. The maximum absolute atomic E-state index is 13.4. The van der Waals surface area contributed by atoms with Crippen LogP contribution in [0.5, 0.6) is 0 Å². The van der Waals surface area contributed by atoms with Gasteiger partial charge in [0.25, 0.3) is 11.5 Å². The van der Waals surface area contributed by atoms with Crippen LogP contribution < -0.4 is 5.56 Å². The van der Waals surface area contributed by atoms with Crippen LogP contribution in [-0.4, -0.2) is 43.0 Å². The summed E-state index contributed by atoms with van der Waals surface area (Å²) in [6.07, 6.45) is 5.32. The Balaban J connectivity index is 1.59. The minimum atomic E-state index is -0.302. The maximum Gasteiger partial charge on any atom is 0.261 e. The lowest BCUT2D eigenvalue weighted by atomic mass is 10.1. The van der Waals surface area contributed by atoms with Crippen molar-refractivity contribution in [3.63, 3.8) is 0 Å². The summed E-state index contributed by atoms with van der Waals surface area (Å²) in [6, 6.07) is 14.6. The summed E-state index contributed by atoms with van der Waals surface area (Å²) in [5.74, 6) is 0.474. The van der Waals surface area contributed by atoms with Crippen molar-refractivity contribution in [1.82, 2.24) is 18.9 Å². The Kier molecular flexibility index (Phi) is 4.59. The van der Waals surface area contributed by atoms with Crippen molar-refractivity contribution in [2.45, 2.75) is 25.4 Å². The average molecular weight is 402 g/mol. The first-order valence-electron chi connectivity index (χ1n) is 10.2. The molecule has 3 aromatic heterocycles. The molecule has 0 radical (unpaired) electrons. The second kappa shape index (κ2) is 7.42. The number of rotatable bonds is 4. The summed E-state index contributed by atoms with van der Waals surface area (Å²) >= 11 is 0. The Hall–Kier alpha value is -3.45. The van der Waals surface area contributed by atoms with E-state index in [4.69, 9.17) is 4.98 Å². The number of aliphatic hydroxyl groups is 1. The number of hydrogen-bond donors (Lipinski definition) is 1. The van der Waals surface area contributed by atoms with Gasteiger partial charge in [0.2, 0.25) is 0 Å². The zero-order valence-electron chi connectivity index (χ0n) is 16.4. The topological polar surface area (TPSA) is 79.8 Å². The highest BCUT2D eigenvalue weighted by Crippen LogP contribution is 2.32. The molecule has 4 aromatic rings. The molecule has 4 heterocycles. The van der Waals surface area contributed by atoms with Crippen LogP contribution in [0.4, 0.5) is 0 Å². The quantitative estimate of drug-likeness (QED) is 0.569. The Morgan fingerprint density at radius 1 is 1.17 bits per heavy atom. The molecule has 0 saturated carbocycles. The van der Waals surface area contributed by atoms with Gasteiger partial charge in [0.1, 0.15) is 5.82 Å². The van der Waals surface area contributed by atoms with Crippen molar-refractivity contribution in [2.24, 2.45) is 0 Å². The molecule has 7 nitrogen and oxygen atoms in total. The fourth-order valence-electron chi connectivity index (χ4n) is 4.37. The van der Waals surface area contributed by atoms with E-state index in [2.05, 4.69) is 0 Å². The van der Waals surface area contributed by atoms with Gasteiger partial charge in [-0.15, -0.1) is 0 Å². The average Bonchev–Trinajstić information content (AvgIpc) is 3.42. The zero-order valence-corrected chi connectivity index (χ0v) is 16.4. The number of pyridine rings is 1. The van der Waals surface area contributed by atoms with E-state index in [0.717, 1.165) is 18.4 Å². The molecular formula is C23H22N4O3. The molecule has 7 heteroatoms. The molecular weight excluding hydrogens is 380 g/mol. The highest BCUT2D eigenvalue weighted by molar-refractivity contribution is 5.96. The van der Waals surface area contributed by atoms with Gasteiger partial charge in [-0.1, -0.05) is 18.2 Å². The van der Waals surface area contributed by atoms with Crippen LogP contribution in [-0.2, 0) is 6.54 Å². The summed E-state index contributed by atoms with van der Waals surface area (Å²) in [7, 11) is 0. The SMILES string of the molecule is O=C(c1cc2ccccn2c1)N1CCCC1c1nc2ccccc2c(=O)n1CCO. The predicted octanol–water partition coefficient (Wildman–Crippen LogP) is 2.62. The molecule has 0 spiro atoms. The molecule has 1 amide bonds. The van der Waals surface area contributed by atoms with Crippen molar-refractivity contribution >= 4 is 22.3 Å². The number of aromatic nitrogens is 3. The molecule has 5 rings (SSSR count). The molecule has 152 valence electrons. The van der Waals surface area contributed by atoms with Crippen molar-refractivity contribution in [1.29, 1.82) is 0 Å². The Bertz CT molecular complexity index is 1270. The predicted molar refractivity (Wildman–Crippen MR) is 113 cm³/mol. The number of benzene rings is 1. The summed E-state index contributed by atoms with van der Waals surface area (Å²) < 4.78 is 3.45. The molecule has 1 atom stereocenters. The second-order valence-corrected chi connectivity index (χ2v) is 7.59. The third-order valence-corrected chi connectivity index (χ3v) is 5.78. The van der Waals surface area contributed by atoms with Gasteiger partial charge in [-0.05, 0) is 43.2 Å². The van der Waals surface area contributed by atoms with Crippen molar-refractivity contribution in [3.8, 4) is 0 Å². The molecule has 1 unspecified atom stereocenters. The van der Waals surface area contributed by atoms with Crippen LogP contribution in [0.25, 0.3) is 16.4 Å². The fraction of sp³-hybridized carbons (Fsp3) is 0.261. The van der Waals surface area contributed by atoms with Crippen molar-refractivity contribution in [2.75, 3.05) is 13.2 Å². The Morgan fingerprint density at radius 2 is 2.00 bits per heavy atom. The minimum Gasteiger partial charge on any atom is -0.395 e. The molecule has 1 aliphatic heterocycles. The summed E-state index contributed by atoms with van der Waals surface area (Å²) in [4.78, 5) is 33.0. The minimum absolute atomic E-state index is 0.0702. The summed E-state index contributed by atoms with van der Waals surface area (Å²) in [5, 5.41) is 10.1. The van der Waals surface area contributed by atoms with E-state index in [0.29, 0.717) is 28.8 Å². The number of nitrogens with zero attached hydrogens (tertiary/aromatic N) is 4. The van der Waals surface area contributed by atoms with Gasteiger partial charge in [0.15, 0.2) is 0 Å². The standard InChI is InChI=1S/C23H22N4O3/c28-13-12-27-21(24-19-8-2-1-7-18(19)23(27)30)20-9-5-11-26(20)22(29)16-14-17-6-3-4-10-25(17)15-16/h1-4,6-8,10,14-15,20,28H,5,9,11-13H2. The van der Waals surface area contributed by atoms with E-state index in [1.165, 1.54) is 4.57 Å². The van der Waals surface area contributed by atoms with E-state index in [1.54, 1.807) is 17.0 Å². The Morgan fingerprint density at radius 3 is 2.83 bits per heavy atom. The third-order valence-electron chi connectivity index (χ3n) is 5.78. The highest BCUT2D eigenvalue weighted by Gasteiger charge is 2.34. The Labute approximate surface area is 172 Å². The highest BCUT2D eigenvalue weighted by atomic mass is 16.3. The smallest absolute Gasteiger partial charge is 0.261 e. The molecule has 30 heavy (non-hydrogen) atoms. The van der Waals surface area contributed by atoms with Gasteiger partial charge in [0, 0.05) is 24.5 Å².